The first-order chi connectivity index (χ1) is 23.3. The average molecular weight is 658 g/mol. The van der Waals surface area contributed by atoms with Crippen LogP contribution in [0, 0.1) is 0 Å². The Kier molecular flexibility index (Phi) is 34.3. The van der Waals surface area contributed by atoms with Crippen LogP contribution in [0.3, 0.4) is 0 Å². The molecule has 0 radical (unpaired) electrons. The van der Waals surface area contributed by atoms with Crippen LogP contribution in [0.25, 0.3) is 0 Å². The first kappa shape index (κ1) is 44.2. The van der Waals surface area contributed by atoms with Crippen molar-refractivity contribution in [3.63, 3.8) is 0 Å². The third kappa shape index (κ3) is 28.7. The molecule has 2 heteroatoms. The number of rotatable bonds is 39. The Morgan fingerprint density at radius 2 is 0.660 bits per heavy atom. The van der Waals surface area contributed by atoms with Gasteiger partial charge < -0.3 is 0 Å². The minimum atomic E-state index is 1.22. The molecule has 1 aromatic heterocycles. The third-order valence-electron chi connectivity index (χ3n) is 10.8. The van der Waals surface area contributed by atoms with E-state index in [9.17, 15) is 0 Å². The van der Waals surface area contributed by atoms with Crippen molar-refractivity contribution >= 4 is 0 Å². The summed E-state index contributed by atoms with van der Waals surface area (Å²) in [5.41, 5.74) is 0. The maximum absolute atomic E-state index is 2.63. The summed E-state index contributed by atoms with van der Waals surface area (Å²) in [6.45, 7) is 9.40. The largest absolute Gasteiger partial charge is 0.256 e. The minimum absolute atomic E-state index is 1.22. The maximum Gasteiger partial charge on any atom is 0.256 e. The van der Waals surface area contributed by atoms with Gasteiger partial charge in [0, 0.05) is 6.42 Å². The molecule has 0 aliphatic rings. The Bertz CT molecular complexity index is 722. The lowest BCUT2D eigenvalue weighted by Gasteiger charge is -2.07. The summed E-state index contributed by atoms with van der Waals surface area (Å²) in [5, 5.41) is 0. The van der Waals surface area contributed by atoms with Gasteiger partial charge >= 0.3 is 0 Å². The Balaban J connectivity index is 2.11. The van der Waals surface area contributed by atoms with Gasteiger partial charge in [-0.1, -0.05) is 220 Å². The minimum Gasteiger partial charge on any atom is -0.234 e. The van der Waals surface area contributed by atoms with E-state index in [1.807, 2.05) is 0 Å². The summed E-state index contributed by atoms with van der Waals surface area (Å²) in [4.78, 5) is 0. The van der Waals surface area contributed by atoms with Gasteiger partial charge in [-0.2, -0.15) is 0 Å². The van der Waals surface area contributed by atoms with Crippen molar-refractivity contribution in [2.24, 2.45) is 0 Å². The Labute approximate surface area is 298 Å². The fraction of sp³-hybridized carbons (Fsp3) is 0.933. The van der Waals surface area contributed by atoms with Gasteiger partial charge in [-0.15, -0.1) is 0 Å². The van der Waals surface area contributed by atoms with Crippen molar-refractivity contribution in [1.29, 1.82) is 0 Å². The standard InChI is InChI=1S/C45H89N2/c1-4-7-10-13-15-17-19-21-23-24-25-27-29-31-33-35-37-40-45-46(41-38-12-9-6-3)43-44-47(45)42-39-36-34-32-30-28-26-22-20-18-16-14-11-8-5-2/h43-44H,4-42H2,1-3H3/q+1. The van der Waals surface area contributed by atoms with Crippen molar-refractivity contribution in [2.45, 2.75) is 271 Å². The van der Waals surface area contributed by atoms with Crippen LogP contribution in [0.2, 0.25) is 0 Å². The lowest BCUT2D eigenvalue weighted by molar-refractivity contribution is -0.704. The van der Waals surface area contributed by atoms with Crippen LogP contribution in [0.1, 0.15) is 258 Å². The summed E-state index contributed by atoms with van der Waals surface area (Å²) in [7, 11) is 0. The molecule has 0 saturated carbocycles. The summed E-state index contributed by atoms with van der Waals surface area (Å²) >= 11 is 0. The number of hydrogen-bond donors (Lipinski definition) is 0. The van der Waals surface area contributed by atoms with Crippen LogP contribution in [0.5, 0.6) is 0 Å². The van der Waals surface area contributed by atoms with Crippen LogP contribution in [0.4, 0.5) is 0 Å². The number of unbranched alkanes of at least 4 members (excludes halogenated alkanes) is 33. The first-order valence-electron chi connectivity index (χ1n) is 22.4. The van der Waals surface area contributed by atoms with Gasteiger partial charge in [0.15, 0.2) is 0 Å². The van der Waals surface area contributed by atoms with Gasteiger partial charge in [-0.05, 0) is 32.1 Å². The number of aromatic nitrogens is 2. The van der Waals surface area contributed by atoms with Gasteiger partial charge in [0.2, 0.25) is 0 Å². The molecule has 2 nitrogen and oxygen atoms in total. The fourth-order valence-corrected chi connectivity index (χ4v) is 7.56. The Morgan fingerprint density at radius 3 is 1.02 bits per heavy atom. The second kappa shape index (κ2) is 36.5. The van der Waals surface area contributed by atoms with Crippen molar-refractivity contribution in [3.05, 3.63) is 18.2 Å². The summed E-state index contributed by atoms with van der Waals surface area (Å²) in [6, 6.07) is 0. The molecule has 1 rings (SSSR count). The SMILES string of the molecule is CCCCCCCCCCCCCCCCCCCc1n(CCCCCC)cc[n+]1CCCCCCCCCCCCCCCCC. The molecule has 1 heterocycles. The van der Waals surface area contributed by atoms with Crippen molar-refractivity contribution in [2.75, 3.05) is 0 Å². The highest BCUT2D eigenvalue weighted by atomic mass is 15.1. The van der Waals surface area contributed by atoms with Crippen LogP contribution in [0.15, 0.2) is 12.4 Å². The molecule has 47 heavy (non-hydrogen) atoms. The van der Waals surface area contributed by atoms with Gasteiger partial charge in [0.25, 0.3) is 5.82 Å². The van der Waals surface area contributed by atoms with Crippen molar-refractivity contribution in [3.8, 4) is 0 Å². The molecule has 0 amide bonds. The normalized spacial score (nSPS) is 11.6. The smallest absolute Gasteiger partial charge is 0.234 e. The lowest BCUT2D eigenvalue weighted by atomic mass is 10.0. The van der Waals surface area contributed by atoms with E-state index in [2.05, 4.69) is 42.3 Å². The predicted octanol–water partition coefficient (Wildman–Crippen LogP) is 15.4. The number of imidazole rings is 1. The quantitative estimate of drug-likeness (QED) is 0.0492. The molecule has 1 aromatic rings. The van der Waals surface area contributed by atoms with Crippen LogP contribution in [-0.4, -0.2) is 4.57 Å². The van der Waals surface area contributed by atoms with E-state index in [1.165, 1.54) is 251 Å². The van der Waals surface area contributed by atoms with E-state index in [0.29, 0.717) is 0 Å². The molecule has 278 valence electrons. The molecule has 0 aliphatic carbocycles. The zero-order chi connectivity index (χ0) is 33.7. The van der Waals surface area contributed by atoms with E-state index in [0.717, 1.165) is 0 Å². The summed E-state index contributed by atoms with van der Waals surface area (Å²) < 4.78 is 5.25. The average Bonchev–Trinajstić information content (AvgIpc) is 3.47. The van der Waals surface area contributed by atoms with Gasteiger partial charge in [-0.25, -0.2) is 9.13 Å². The van der Waals surface area contributed by atoms with E-state index < -0.39 is 0 Å². The van der Waals surface area contributed by atoms with E-state index in [1.54, 1.807) is 5.82 Å². The predicted molar refractivity (Wildman–Crippen MR) is 212 cm³/mol. The molecule has 0 aromatic carbocycles. The zero-order valence-corrected chi connectivity index (χ0v) is 33.1. The second-order valence-corrected chi connectivity index (χ2v) is 15.5. The van der Waals surface area contributed by atoms with E-state index in [4.69, 9.17) is 0 Å². The summed E-state index contributed by atoms with van der Waals surface area (Å²) in [6.07, 6.45) is 57.9. The molecule has 0 N–H and O–H groups in total. The fourth-order valence-electron chi connectivity index (χ4n) is 7.56. The van der Waals surface area contributed by atoms with E-state index in [-0.39, 0.29) is 0 Å². The highest BCUT2D eigenvalue weighted by Crippen LogP contribution is 2.16. The zero-order valence-electron chi connectivity index (χ0n) is 33.1. The van der Waals surface area contributed by atoms with Crippen LogP contribution >= 0.6 is 0 Å². The second-order valence-electron chi connectivity index (χ2n) is 15.5. The highest BCUT2D eigenvalue weighted by molar-refractivity contribution is 4.84. The Hall–Kier alpha value is -0.790. The molecule has 0 saturated heterocycles. The summed E-state index contributed by atoms with van der Waals surface area (Å²) in [5.74, 6) is 1.62. The highest BCUT2D eigenvalue weighted by Gasteiger charge is 2.16. The number of hydrogen-bond acceptors (Lipinski definition) is 0. The molecule has 0 unspecified atom stereocenters. The topological polar surface area (TPSA) is 8.81 Å². The van der Waals surface area contributed by atoms with Crippen LogP contribution < -0.4 is 4.57 Å². The maximum atomic E-state index is 2.63. The number of nitrogens with zero attached hydrogens (tertiary/aromatic N) is 2. The third-order valence-corrected chi connectivity index (χ3v) is 10.8. The number of aryl methyl sites for hydroxylation is 2. The monoisotopic (exact) mass is 658 g/mol. The molecule has 0 aliphatic heterocycles. The first-order valence-corrected chi connectivity index (χ1v) is 22.4. The molecule has 0 bridgehead atoms. The lowest BCUT2D eigenvalue weighted by Crippen LogP contribution is -2.37. The molecule has 0 atom stereocenters. The Morgan fingerprint density at radius 1 is 0.362 bits per heavy atom. The van der Waals surface area contributed by atoms with E-state index >= 15 is 0 Å². The van der Waals surface area contributed by atoms with Crippen LogP contribution in [-0.2, 0) is 19.5 Å². The van der Waals surface area contributed by atoms with Crippen molar-refractivity contribution in [1.82, 2.24) is 4.57 Å². The van der Waals surface area contributed by atoms with Gasteiger partial charge in [0.1, 0.15) is 12.4 Å². The molecule has 0 fully saturated rings. The molecular formula is C45H89N2+. The van der Waals surface area contributed by atoms with Gasteiger partial charge in [-0.3, -0.25) is 0 Å². The van der Waals surface area contributed by atoms with Crippen molar-refractivity contribution < 1.29 is 4.57 Å². The molecule has 0 spiro atoms. The van der Waals surface area contributed by atoms with Gasteiger partial charge in [0.05, 0.1) is 13.1 Å². The molecular weight excluding hydrogens is 569 g/mol.